The molecule has 0 radical (unpaired) electrons. The van der Waals surface area contributed by atoms with Gasteiger partial charge in [0.1, 0.15) is 5.75 Å². The van der Waals surface area contributed by atoms with Crippen molar-refractivity contribution >= 4 is 39.3 Å². The van der Waals surface area contributed by atoms with Crippen LogP contribution in [0.1, 0.15) is 11.1 Å². The van der Waals surface area contributed by atoms with Crippen molar-refractivity contribution in [1.29, 1.82) is 0 Å². The van der Waals surface area contributed by atoms with Crippen LogP contribution in [-0.4, -0.2) is 18.0 Å². The van der Waals surface area contributed by atoms with E-state index in [1.807, 2.05) is 72.8 Å². The van der Waals surface area contributed by atoms with E-state index in [9.17, 15) is 4.79 Å². The quantitative estimate of drug-likeness (QED) is 0.523. The number of amides is 1. The predicted octanol–water partition coefficient (Wildman–Crippen LogP) is 5.32. The van der Waals surface area contributed by atoms with Crippen LogP contribution in [0.5, 0.6) is 5.75 Å². The molecule has 2 aromatic carbocycles. The van der Waals surface area contributed by atoms with Crippen molar-refractivity contribution in [3.8, 4) is 5.75 Å². The number of hydrogen-bond acceptors (Lipinski definition) is 3. The minimum atomic E-state index is -0.0845. The average Bonchev–Trinajstić information content (AvgIpc) is 3.05. The van der Waals surface area contributed by atoms with Gasteiger partial charge < -0.3 is 4.74 Å². The van der Waals surface area contributed by atoms with Crippen molar-refractivity contribution in [3.05, 3.63) is 100 Å². The number of carbonyl (C=O) groups is 1. The van der Waals surface area contributed by atoms with Gasteiger partial charge >= 0.3 is 0 Å². The molecule has 0 fully saturated rings. The summed E-state index contributed by atoms with van der Waals surface area (Å²) in [6, 6.07) is 19.3. The molecule has 0 N–H and O–H groups in total. The highest BCUT2D eigenvalue weighted by atomic mass is 79.9. The molecule has 1 aliphatic rings. The fourth-order valence-corrected chi connectivity index (χ4v) is 3.69. The van der Waals surface area contributed by atoms with Gasteiger partial charge in [0.15, 0.2) is 0 Å². The Morgan fingerprint density at radius 2 is 1.89 bits per heavy atom. The van der Waals surface area contributed by atoms with Gasteiger partial charge in [-0.15, -0.1) is 0 Å². The Morgan fingerprint density at radius 1 is 1.07 bits per heavy atom. The Hall–Kier alpha value is -3.18. The molecule has 0 atom stereocenters. The lowest BCUT2D eigenvalue weighted by Gasteiger charge is -2.20. The average molecular weight is 433 g/mol. The molecule has 2 heterocycles. The topological polar surface area (TPSA) is 42.4 Å². The predicted molar refractivity (Wildman–Crippen MR) is 115 cm³/mol. The molecule has 0 unspecified atom stereocenters. The molecule has 1 aromatic heterocycles. The van der Waals surface area contributed by atoms with E-state index < -0.39 is 0 Å². The number of halogens is 1. The zero-order valence-corrected chi connectivity index (χ0v) is 16.8. The summed E-state index contributed by atoms with van der Waals surface area (Å²) in [6.45, 7) is 0. The molecule has 0 saturated carbocycles. The molecule has 138 valence electrons. The van der Waals surface area contributed by atoms with Crippen LogP contribution in [0.4, 0.5) is 5.69 Å². The second-order valence-corrected chi connectivity index (χ2v) is 7.10. The molecule has 28 heavy (non-hydrogen) atoms. The normalized spacial score (nSPS) is 15.1. The number of carbonyl (C=O) groups excluding carboxylic acids is 1. The van der Waals surface area contributed by atoms with Gasteiger partial charge in [0.2, 0.25) is 0 Å². The molecule has 0 spiro atoms. The van der Waals surface area contributed by atoms with E-state index in [1.165, 1.54) is 0 Å². The molecule has 4 rings (SSSR count). The summed E-state index contributed by atoms with van der Waals surface area (Å²) in [5, 5.41) is 0. The van der Waals surface area contributed by atoms with E-state index >= 15 is 0 Å². The number of ether oxygens (including phenoxy) is 1. The van der Waals surface area contributed by atoms with Crippen molar-refractivity contribution in [3.63, 3.8) is 0 Å². The number of methoxy groups -OCH3 is 1. The molecular weight excluding hydrogens is 416 g/mol. The summed E-state index contributed by atoms with van der Waals surface area (Å²) in [6.07, 6.45) is 7.19. The Labute approximate surface area is 171 Å². The molecule has 0 bridgehead atoms. The number of aromatic nitrogens is 1. The first-order valence-electron chi connectivity index (χ1n) is 8.74. The van der Waals surface area contributed by atoms with Crippen molar-refractivity contribution in [1.82, 2.24) is 4.98 Å². The van der Waals surface area contributed by atoms with Crippen LogP contribution in [0, 0.1) is 0 Å². The Balaban J connectivity index is 1.79. The zero-order valence-electron chi connectivity index (χ0n) is 15.2. The van der Waals surface area contributed by atoms with Gasteiger partial charge in [-0.05, 0) is 63.5 Å². The molecule has 1 aliphatic heterocycles. The van der Waals surface area contributed by atoms with Crippen molar-refractivity contribution < 1.29 is 9.53 Å². The second kappa shape index (κ2) is 7.82. The fraction of sp³-hybridized carbons (Fsp3) is 0.0435. The van der Waals surface area contributed by atoms with E-state index in [0.29, 0.717) is 5.57 Å². The van der Waals surface area contributed by atoms with Gasteiger partial charge in [0, 0.05) is 11.8 Å². The van der Waals surface area contributed by atoms with E-state index in [-0.39, 0.29) is 5.91 Å². The lowest BCUT2D eigenvalue weighted by Crippen LogP contribution is -2.25. The maximum absolute atomic E-state index is 13.2. The lowest BCUT2D eigenvalue weighted by molar-refractivity contribution is -0.113. The van der Waals surface area contributed by atoms with Gasteiger partial charge in [-0.3, -0.25) is 14.7 Å². The number of benzene rings is 2. The highest BCUT2D eigenvalue weighted by molar-refractivity contribution is 9.10. The van der Waals surface area contributed by atoms with Crippen LogP contribution in [0.25, 0.3) is 11.8 Å². The molecule has 0 saturated heterocycles. The summed E-state index contributed by atoms with van der Waals surface area (Å²) in [5.41, 5.74) is 4.06. The Bertz CT molecular complexity index is 1080. The van der Waals surface area contributed by atoms with Gasteiger partial charge in [-0.25, -0.2) is 0 Å². The highest BCUT2D eigenvalue weighted by Gasteiger charge is 2.30. The van der Waals surface area contributed by atoms with Crippen molar-refractivity contribution in [2.75, 3.05) is 12.0 Å². The molecule has 4 nitrogen and oxygen atoms in total. The molecule has 5 heteroatoms. The number of pyridine rings is 1. The van der Waals surface area contributed by atoms with E-state index in [0.717, 1.165) is 32.7 Å². The minimum absolute atomic E-state index is 0.0845. The van der Waals surface area contributed by atoms with E-state index in [4.69, 9.17) is 4.74 Å². The summed E-state index contributed by atoms with van der Waals surface area (Å²) in [5.74, 6) is 0.663. The van der Waals surface area contributed by atoms with Crippen LogP contribution in [0.2, 0.25) is 0 Å². The summed E-state index contributed by atoms with van der Waals surface area (Å²) in [4.78, 5) is 19.1. The van der Waals surface area contributed by atoms with E-state index in [2.05, 4.69) is 20.9 Å². The first-order valence-corrected chi connectivity index (χ1v) is 9.53. The SMILES string of the molecule is COc1ccc(/C=C2\C=C(c3ccccc3)N(c3cccnc3)C2=O)cc1Br. The minimum Gasteiger partial charge on any atom is -0.496 e. The standard InChI is InChI=1S/C23H17BrN2O2/c1-28-22-10-9-16(13-20(22)24)12-18-14-21(17-6-3-2-4-7-17)26(23(18)27)19-8-5-11-25-15-19/h2-15H,1H3/b18-12+. The first-order chi connectivity index (χ1) is 13.7. The van der Waals surface area contributed by atoms with Crippen molar-refractivity contribution in [2.45, 2.75) is 0 Å². The van der Waals surface area contributed by atoms with Crippen LogP contribution in [0.3, 0.4) is 0 Å². The van der Waals surface area contributed by atoms with Gasteiger partial charge in [-0.2, -0.15) is 0 Å². The number of nitrogens with zero attached hydrogens (tertiary/aromatic N) is 2. The van der Waals surface area contributed by atoms with Gasteiger partial charge in [0.05, 0.1) is 29.2 Å². The van der Waals surface area contributed by atoms with Crippen LogP contribution >= 0.6 is 15.9 Å². The summed E-state index contributed by atoms with van der Waals surface area (Å²) >= 11 is 3.50. The largest absolute Gasteiger partial charge is 0.496 e. The van der Waals surface area contributed by atoms with Crippen LogP contribution in [-0.2, 0) is 4.79 Å². The lowest BCUT2D eigenvalue weighted by atomic mass is 10.1. The summed E-state index contributed by atoms with van der Waals surface area (Å²) in [7, 11) is 1.62. The maximum Gasteiger partial charge on any atom is 0.263 e. The van der Waals surface area contributed by atoms with Crippen LogP contribution < -0.4 is 9.64 Å². The monoisotopic (exact) mass is 432 g/mol. The Kier molecular flexibility index (Phi) is 5.08. The Morgan fingerprint density at radius 3 is 2.57 bits per heavy atom. The third-order valence-corrected chi connectivity index (χ3v) is 5.07. The third kappa shape index (κ3) is 3.49. The first kappa shape index (κ1) is 18.2. The summed E-state index contributed by atoms with van der Waals surface area (Å²) < 4.78 is 6.12. The van der Waals surface area contributed by atoms with E-state index in [1.54, 1.807) is 24.4 Å². The number of rotatable bonds is 4. The molecular formula is C23H17BrN2O2. The maximum atomic E-state index is 13.2. The van der Waals surface area contributed by atoms with Gasteiger partial charge in [0.25, 0.3) is 5.91 Å². The smallest absolute Gasteiger partial charge is 0.263 e. The van der Waals surface area contributed by atoms with Crippen molar-refractivity contribution in [2.24, 2.45) is 0 Å². The molecule has 1 amide bonds. The molecule has 3 aromatic rings. The second-order valence-electron chi connectivity index (χ2n) is 6.24. The molecule has 0 aliphatic carbocycles. The number of anilines is 1. The highest BCUT2D eigenvalue weighted by Crippen LogP contribution is 2.35. The number of hydrogen-bond donors (Lipinski definition) is 0. The van der Waals surface area contributed by atoms with Crippen LogP contribution in [0.15, 0.2) is 89.2 Å². The third-order valence-electron chi connectivity index (χ3n) is 4.45. The zero-order chi connectivity index (χ0) is 19.5. The van der Waals surface area contributed by atoms with Gasteiger partial charge in [-0.1, -0.05) is 36.4 Å². The fourth-order valence-electron chi connectivity index (χ4n) is 3.13.